The van der Waals surface area contributed by atoms with Gasteiger partial charge in [-0.1, -0.05) is 23.2 Å². The van der Waals surface area contributed by atoms with E-state index in [1.165, 1.54) is 38.7 Å². The largest absolute Gasteiger partial charge is 0.370 e. The summed E-state index contributed by atoms with van der Waals surface area (Å²) in [5.41, 5.74) is 1.68. The smallest absolute Gasteiger partial charge is 0.255 e. The SMILES string of the molecule is CN(C)S(=O)(=O)c1cc(C(=O)Nc2ccc(N3CCCCC3)c(Cl)c2)ccc1Cl. The van der Waals surface area contributed by atoms with Gasteiger partial charge in [-0.2, -0.15) is 0 Å². The third kappa shape index (κ3) is 4.86. The maximum Gasteiger partial charge on any atom is 0.255 e. The first kappa shape index (κ1) is 21.9. The van der Waals surface area contributed by atoms with Crippen LogP contribution in [-0.2, 0) is 10.0 Å². The summed E-state index contributed by atoms with van der Waals surface area (Å²) in [5, 5.41) is 3.39. The quantitative estimate of drug-likeness (QED) is 0.720. The maximum atomic E-state index is 12.7. The predicted octanol–water partition coefficient (Wildman–Crippen LogP) is 4.49. The molecule has 1 aliphatic heterocycles. The Morgan fingerprint density at radius 1 is 1.00 bits per heavy atom. The van der Waals surface area contributed by atoms with Gasteiger partial charge < -0.3 is 10.2 Å². The molecule has 9 heteroatoms. The van der Waals surface area contributed by atoms with Crippen LogP contribution < -0.4 is 10.2 Å². The fraction of sp³-hybridized carbons (Fsp3) is 0.350. The molecule has 0 aliphatic carbocycles. The number of halogens is 2. The van der Waals surface area contributed by atoms with Crippen LogP contribution in [0.1, 0.15) is 29.6 Å². The fourth-order valence-electron chi connectivity index (χ4n) is 3.22. The number of sulfonamides is 1. The second-order valence-corrected chi connectivity index (χ2v) is 10.0. The zero-order chi connectivity index (χ0) is 21.2. The molecule has 1 amide bonds. The van der Waals surface area contributed by atoms with Gasteiger partial charge in [-0.3, -0.25) is 4.79 Å². The normalized spacial score (nSPS) is 14.9. The molecule has 0 radical (unpaired) electrons. The minimum Gasteiger partial charge on any atom is -0.370 e. The van der Waals surface area contributed by atoms with Crippen molar-refractivity contribution < 1.29 is 13.2 Å². The molecule has 6 nitrogen and oxygen atoms in total. The lowest BCUT2D eigenvalue weighted by Crippen LogP contribution is -2.29. The number of carbonyl (C=O) groups excluding carboxylic acids is 1. The molecular formula is C20H23Cl2N3O3S. The van der Waals surface area contributed by atoms with Crippen LogP contribution in [0.4, 0.5) is 11.4 Å². The number of nitrogens with one attached hydrogen (secondary N) is 1. The molecule has 0 saturated carbocycles. The minimum atomic E-state index is -3.77. The topological polar surface area (TPSA) is 69.7 Å². The molecule has 2 aromatic carbocycles. The van der Waals surface area contributed by atoms with E-state index in [0.717, 1.165) is 35.9 Å². The van der Waals surface area contributed by atoms with Crippen molar-refractivity contribution in [1.82, 2.24) is 4.31 Å². The van der Waals surface area contributed by atoms with Crippen molar-refractivity contribution in [2.45, 2.75) is 24.2 Å². The summed E-state index contributed by atoms with van der Waals surface area (Å²) >= 11 is 12.5. The van der Waals surface area contributed by atoms with Crippen LogP contribution in [0.25, 0.3) is 0 Å². The first-order valence-electron chi connectivity index (χ1n) is 9.28. The molecule has 0 aromatic heterocycles. The Morgan fingerprint density at radius 2 is 1.69 bits per heavy atom. The number of piperidine rings is 1. The number of anilines is 2. The third-order valence-electron chi connectivity index (χ3n) is 4.85. The van der Waals surface area contributed by atoms with E-state index in [2.05, 4.69) is 10.2 Å². The summed E-state index contributed by atoms with van der Waals surface area (Å²) in [6.45, 7) is 1.94. The number of benzene rings is 2. The number of amides is 1. The molecule has 0 atom stereocenters. The van der Waals surface area contributed by atoms with E-state index in [9.17, 15) is 13.2 Å². The average molecular weight is 456 g/mol. The molecule has 1 fully saturated rings. The number of carbonyl (C=O) groups is 1. The Kier molecular flexibility index (Phi) is 6.73. The second-order valence-electron chi connectivity index (χ2n) is 7.10. The molecule has 0 unspecified atom stereocenters. The zero-order valence-corrected chi connectivity index (χ0v) is 18.6. The fourth-order valence-corrected chi connectivity index (χ4v) is 4.91. The molecule has 156 valence electrons. The number of nitrogens with zero attached hydrogens (tertiary/aromatic N) is 2. The molecular weight excluding hydrogens is 433 g/mol. The summed E-state index contributed by atoms with van der Waals surface area (Å²) in [6.07, 6.45) is 3.52. The summed E-state index contributed by atoms with van der Waals surface area (Å²) in [5.74, 6) is -0.446. The van der Waals surface area contributed by atoms with E-state index >= 15 is 0 Å². The first-order chi connectivity index (χ1) is 13.7. The van der Waals surface area contributed by atoms with Crippen molar-refractivity contribution in [1.29, 1.82) is 0 Å². The highest BCUT2D eigenvalue weighted by molar-refractivity contribution is 7.89. The molecule has 0 spiro atoms. The van der Waals surface area contributed by atoms with Crippen molar-refractivity contribution in [3.63, 3.8) is 0 Å². The van der Waals surface area contributed by atoms with Gasteiger partial charge in [-0.15, -0.1) is 0 Å². The zero-order valence-electron chi connectivity index (χ0n) is 16.3. The third-order valence-corrected chi connectivity index (χ3v) is 7.45. The molecule has 1 N–H and O–H groups in total. The van der Waals surface area contributed by atoms with Crippen molar-refractivity contribution in [2.75, 3.05) is 37.4 Å². The van der Waals surface area contributed by atoms with Gasteiger partial charge in [-0.05, 0) is 55.7 Å². The molecule has 3 rings (SSSR count). The van der Waals surface area contributed by atoms with Crippen molar-refractivity contribution >= 4 is 50.5 Å². The molecule has 2 aromatic rings. The van der Waals surface area contributed by atoms with Gasteiger partial charge in [0.2, 0.25) is 10.0 Å². The van der Waals surface area contributed by atoms with Crippen molar-refractivity contribution in [3.8, 4) is 0 Å². The number of hydrogen-bond donors (Lipinski definition) is 1. The molecule has 1 heterocycles. The van der Waals surface area contributed by atoms with E-state index in [4.69, 9.17) is 23.2 Å². The van der Waals surface area contributed by atoms with E-state index in [1.807, 2.05) is 6.07 Å². The Balaban J connectivity index is 1.81. The highest BCUT2D eigenvalue weighted by Crippen LogP contribution is 2.31. The average Bonchev–Trinajstić information content (AvgIpc) is 2.68. The van der Waals surface area contributed by atoms with Crippen LogP contribution in [-0.4, -0.2) is 45.8 Å². The van der Waals surface area contributed by atoms with Crippen LogP contribution in [0.5, 0.6) is 0 Å². The summed E-state index contributed by atoms with van der Waals surface area (Å²) < 4.78 is 25.9. The van der Waals surface area contributed by atoms with Gasteiger partial charge in [0.05, 0.1) is 15.7 Å². The molecule has 0 bridgehead atoms. The second kappa shape index (κ2) is 8.92. The van der Waals surface area contributed by atoms with Gasteiger partial charge in [0.1, 0.15) is 4.90 Å². The highest BCUT2D eigenvalue weighted by Gasteiger charge is 2.22. The molecule has 1 saturated heterocycles. The van der Waals surface area contributed by atoms with Crippen molar-refractivity contribution in [2.24, 2.45) is 0 Å². The monoisotopic (exact) mass is 455 g/mol. The van der Waals surface area contributed by atoms with E-state index in [0.29, 0.717) is 10.7 Å². The van der Waals surface area contributed by atoms with Gasteiger partial charge in [-0.25, -0.2) is 12.7 Å². The Morgan fingerprint density at radius 3 is 2.31 bits per heavy atom. The first-order valence-corrected chi connectivity index (χ1v) is 11.5. The lowest BCUT2D eigenvalue weighted by molar-refractivity contribution is 0.102. The Hall–Kier alpha value is -1.80. The van der Waals surface area contributed by atoms with Crippen LogP contribution in [0.15, 0.2) is 41.3 Å². The number of rotatable bonds is 5. The van der Waals surface area contributed by atoms with E-state index in [1.54, 1.807) is 12.1 Å². The van der Waals surface area contributed by atoms with Gasteiger partial charge >= 0.3 is 0 Å². The van der Waals surface area contributed by atoms with Crippen LogP contribution in [0, 0.1) is 0 Å². The highest BCUT2D eigenvalue weighted by atomic mass is 35.5. The summed E-state index contributed by atoms with van der Waals surface area (Å²) in [7, 11) is -0.952. The van der Waals surface area contributed by atoms with Gasteiger partial charge in [0, 0.05) is 38.4 Å². The van der Waals surface area contributed by atoms with E-state index < -0.39 is 15.9 Å². The molecule has 1 aliphatic rings. The lowest BCUT2D eigenvalue weighted by Gasteiger charge is -2.29. The Bertz CT molecular complexity index is 1020. The summed E-state index contributed by atoms with van der Waals surface area (Å²) in [4.78, 5) is 14.8. The van der Waals surface area contributed by atoms with Crippen LogP contribution >= 0.6 is 23.2 Å². The maximum absolute atomic E-state index is 12.7. The number of hydrogen-bond acceptors (Lipinski definition) is 4. The summed E-state index contributed by atoms with van der Waals surface area (Å²) in [6, 6.07) is 9.55. The van der Waals surface area contributed by atoms with Crippen LogP contribution in [0.2, 0.25) is 10.0 Å². The van der Waals surface area contributed by atoms with E-state index in [-0.39, 0.29) is 15.5 Å². The van der Waals surface area contributed by atoms with Crippen molar-refractivity contribution in [3.05, 3.63) is 52.0 Å². The van der Waals surface area contributed by atoms with Gasteiger partial charge in [0.25, 0.3) is 5.91 Å². The lowest BCUT2D eigenvalue weighted by atomic mass is 10.1. The predicted molar refractivity (Wildman–Crippen MR) is 118 cm³/mol. The van der Waals surface area contributed by atoms with Crippen LogP contribution in [0.3, 0.4) is 0 Å². The Labute approximate surface area is 181 Å². The van der Waals surface area contributed by atoms with Gasteiger partial charge in [0.15, 0.2) is 0 Å². The molecule has 29 heavy (non-hydrogen) atoms. The standard InChI is InChI=1S/C20H23Cl2N3O3S/c1-24(2)29(27,28)19-12-14(6-8-16(19)21)20(26)23-15-7-9-18(17(22)13-15)25-10-4-3-5-11-25/h6-9,12-13H,3-5,10-11H2,1-2H3,(H,23,26). The minimum absolute atomic E-state index is 0.0594.